The number of halogens is 1. The maximum absolute atomic E-state index is 8.87. The van der Waals surface area contributed by atoms with Crippen LogP contribution in [0.4, 0.5) is 0 Å². The molecule has 2 nitrogen and oxygen atoms in total. The Morgan fingerprint density at radius 3 is 2.78 bits per heavy atom. The molecule has 0 amide bonds. The van der Waals surface area contributed by atoms with Gasteiger partial charge in [0, 0.05) is 18.9 Å². The zero-order chi connectivity index (χ0) is 7.11. The van der Waals surface area contributed by atoms with Gasteiger partial charge in [0.2, 0.25) is 0 Å². The lowest BCUT2D eigenvalue weighted by atomic mass is 10.4. The molecule has 0 aromatic rings. The molecule has 0 spiro atoms. The van der Waals surface area contributed by atoms with Gasteiger partial charge in [0.25, 0.3) is 0 Å². The predicted octanol–water partition coefficient (Wildman–Crippen LogP) is 1.36. The van der Waals surface area contributed by atoms with Crippen LogP contribution < -0.4 is 0 Å². The molecule has 0 radical (unpaired) electrons. The first-order chi connectivity index (χ1) is 4.31. The number of hydrogen-bond donors (Lipinski definition) is 1. The summed E-state index contributed by atoms with van der Waals surface area (Å²) in [6, 6.07) is 0. The lowest BCUT2D eigenvalue weighted by molar-refractivity contribution is -0.0991. The topological polar surface area (TPSA) is 29.5 Å². The lowest BCUT2D eigenvalue weighted by Gasteiger charge is -2.07. The fraction of sp³-hybridized carbons (Fsp3) is 1.00. The molecule has 0 aliphatic rings. The van der Waals surface area contributed by atoms with Crippen molar-refractivity contribution >= 4 is 11.6 Å². The molecule has 1 unspecified atom stereocenters. The molecule has 0 saturated carbocycles. The molecule has 0 saturated heterocycles. The summed E-state index contributed by atoms with van der Waals surface area (Å²) in [6.45, 7) is 2.60. The van der Waals surface area contributed by atoms with Crippen molar-refractivity contribution in [3.05, 3.63) is 0 Å². The van der Waals surface area contributed by atoms with Crippen LogP contribution in [-0.4, -0.2) is 23.9 Å². The zero-order valence-electron chi connectivity index (χ0n) is 5.64. The van der Waals surface area contributed by atoms with Gasteiger partial charge in [0.05, 0.1) is 0 Å². The Morgan fingerprint density at radius 2 is 2.33 bits per heavy atom. The molecule has 1 atom stereocenters. The van der Waals surface area contributed by atoms with Crippen molar-refractivity contribution in [1.29, 1.82) is 0 Å². The molecule has 0 bridgehead atoms. The zero-order valence-corrected chi connectivity index (χ0v) is 6.40. The van der Waals surface area contributed by atoms with Crippen molar-refractivity contribution in [3.63, 3.8) is 0 Å². The Hall–Kier alpha value is 0.210. The fourth-order valence-electron chi connectivity index (χ4n) is 0.431. The van der Waals surface area contributed by atoms with E-state index in [1.807, 2.05) is 6.92 Å². The monoisotopic (exact) mass is 152 g/mol. The highest BCUT2D eigenvalue weighted by atomic mass is 35.5. The van der Waals surface area contributed by atoms with Crippen molar-refractivity contribution in [3.8, 4) is 0 Å². The molecule has 1 N–H and O–H groups in total. The molecule has 0 rings (SSSR count). The molecule has 0 aromatic carbocycles. The van der Waals surface area contributed by atoms with Crippen LogP contribution >= 0.6 is 11.6 Å². The fourth-order valence-corrected chi connectivity index (χ4v) is 0.617. The average Bonchev–Trinajstić information content (AvgIpc) is 1.85. The second kappa shape index (κ2) is 6.33. The Kier molecular flexibility index (Phi) is 6.48. The van der Waals surface area contributed by atoms with E-state index in [2.05, 4.69) is 0 Å². The van der Waals surface area contributed by atoms with E-state index in [1.165, 1.54) is 0 Å². The molecule has 56 valence electrons. The first-order valence-corrected chi connectivity index (χ1v) is 3.70. The Labute approximate surface area is 60.8 Å². The number of rotatable bonds is 5. The molecule has 0 aromatic heterocycles. The van der Waals surface area contributed by atoms with Gasteiger partial charge >= 0.3 is 0 Å². The number of ether oxygens (including phenoxy) is 1. The molecule has 0 aliphatic carbocycles. The first-order valence-electron chi connectivity index (χ1n) is 3.17. The van der Waals surface area contributed by atoms with Gasteiger partial charge in [-0.15, -0.1) is 11.6 Å². The number of aliphatic hydroxyl groups is 1. The maximum Gasteiger partial charge on any atom is 0.155 e. The van der Waals surface area contributed by atoms with Crippen molar-refractivity contribution < 1.29 is 9.84 Å². The first kappa shape index (κ1) is 9.21. The summed E-state index contributed by atoms with van der Waals surface area (Å²) in [6.07, 6.45) is 0.781. The van der Waals surface area contributed by atoms with Crippen molar-refractivity contribution in [2.45, 2.75) is 26.1 Å². The van der Waals surface area contributed by atoms with Gasteiger partial charge in [-0.2, -0.15) is 0 Å². The minimum absolute atomic E-state index is 0.449. The second-order valence-electron chi connectivity index (χ2n) is 1.80. The molecule has 0 fully saturated rings. The molecule has 3 heteroatoms. The van der Waals surface area contributed by atoms with Gasteiger partial charge in [0.1, 0.15) is 0 Å². The smallest absolute Gasteiger partial charge is 0.155 e. The second-order valence-corrected chi connectivity index (χ2v) is 2.18. The summed E-state index contributed by atoms with van der Waals surface area (Å²) in [5.41, 5.74) is 0. The summed E-state index contributed by atoms with van der Waals surface area (Å²) >= 11 is 5.34. The number of alkyl halides is 1. The summed E-state index contributed by atoms with van der Waals surface area (Å²) in [5.74, 6) is 0.449. The van der Waals surface area contributed by atoms with Gasteiger partial charge in [-0.1, -0.05) is 6.92 Å². The van der Waals surface area contributed by atoms with Crippen LogP contribution in [-0.2, 0) is 4.74 Å². The molecule has 0 heterocycles. The third-order valence-corrected chi connectivity index (χ3v) is 1.09. The minimum Gasteiger partial charge on any atom is -0.368 e. The van der Waals surface area contributed by atoms with Crippen LogP contribution in [0.1, 0.15) is 19.8 Å². The van der Waals surface area contributed by atoms with Crippen LogP contribution in [0.2, 0.25) is 0 Å². The SMILES string of the molecule is CCCOC(O)CCCl. The highest BCUT2D eigenvalue weighted by molar-refractivity contribution is 6.17. The van der Waals surface area contributed by atoms with Crippen LogP contribution in [0.5, 0.6) is 0 Å². The number of aliphatic hydroxyl groups excluding tert-OH is 1. The van der Waals surface area contributed by atoms with E-state index in [1.54, 1.807) is 0 Å². The van der Waals surface area contributed by atoms with Gasteiger partial charge < -0.3 is 9.84 Å². The third-order valence-electron chi connectivity index (χ3n) is 0.870. The largest absolute Gasteiger partial charge is 0.368 e. The van der Waals surface area contributed by atoms with Crippen LogP contribution in [0.3, 0.4) is 0 Å². The van der Waals surface area contributed by atoms with E-state index >= 15 is 0 Å². The molecule has 9 heavy (non-hydrogen) atoms. The standard InChI is InChI=1S/C6H13ClO2/c1-2-5-9-6(8)3-4-7/h6,8H,2-5H2,1H3. The average molecular weight is 153 g/mol. The van der Waals surface area contributed by atoms with E-state index in [0.717, 1.165) is 6.42 Å². The quantitative estimate of drug-likeness (QED) is 0.476. The van der Waals surface area contributed by atoms with Gasteiger partial charge in [-0.05, 0) is 6.42 Å². The van der Waals surface area contributed by atoms with E-state index in [0.29, 0.717) is 18.9 Å². The molecular weight excluding hydrogens is 140 g/mol. The van der Waals surface area contributed by atoms with Crippen molar-refractivity contribution in [1.82, 2.24) is 0 Å². The van der Waals surface area contributed by atoms with E-state index in [4.69, 9.17) is 21.4 Å². The summed E-state index contributed by atoms with van der Waals surface area (Å²) < 4.78 is 4.90. The third kappa shape index (κ3) is 6.09. The highest BCUT2D eigenvalue weighted by Gasteiger charge is 1.99. The Balaban J connectivity index is 2.95. The molecular formula is C6H13ClO2. The summed E-state index contributed by atoms with van der Waals surface area (Å²) in [7, 11) is 0. The van der Waals surface area contributed by atoms with E-state index < -0.39 is 6.29 Å². The lowest BCUT2D eigenvalue weighted by Crippen LogP contribution is -2.12. The number of hydrogen-bond acceptors (Lipinski definition) is 2. The molecule has 0 aliphatic heterocycles. The Bertz CT molecular complexity index is 59.0. The van der Waals surface area contributed by atoms with Gasteiger partial charge in [-0.3, -0.25) is 0 Å². The maximum atomic E-state index is 8.87. The summed E-state index contributed by atoms with van der Waals surface area (Å²) in [4.78, 5) is 0. The van der Waals surface area contributed by atoms with Crippen LogP contribution in [0.25, 0.3) is 0 Å². The van der Waals surface area contributed by atoms with Crippen LogP contribution in [0, 0.1) is 0 Å². The predicted molar refractivity (Wildman–Crippen MR) is 37.6 cm³/mol. The minimum atomic E-state index is -0.664. The Morgan fingerprint density at radius 1 is 1.67 bits per heavy atom. The summed E-state index contributed by atoms with van der Waals surface area (Å²) in [5, 5.41) is 8.87. The normalized spacial score (nSPS) is 13.7. The van der Waals surface area contributed by atoms with Gasteiger partial charge in [-0.25, -0.2) is 0 Å². The van der Waals surface area contributed by atoms with Crippen LogP contribution in [0.15, 0.2) is 0 Å². The highest BCUT2D eigenvalue weighted by Crippen LogP contribution is 1.96. The van der Waals surface area contributed by atoms with E-state index in [9.17, 15) is 0 Å². The van der Waals surface area contributed by atoms with Crippen molar-refractivity contribution in [2.24, 2.45) is 0 Å². The van der Waals surface area contributed by atoms with Crippen molar-refractivity contribution in [2.75, 3.05) is 12.5 Å². The van der Waals surface area contributed by atoms with E-state index in [-0.39, 0.29) is 0 Å². The van der Waals surface area contributed by atoms with Gasteiger partial charge in [0.15, 0.2) is 6.29 Å².